The van der Waals surface area contributed by atoms with Gasteiger partial charge in [-0.2, -0.15) is 0 Å². The number of aliphatic hydroxyl groups excluding tert-OH is 2. The topological polar surface area (TPSA) is 62.2 Å². The molecule has 130 valence electrons. The average molecular weight is 323 g/mol. The number of rotatable bonds is 8. The summed E-state index contributed by atoms with van der Waals surface area (Å²) >= 11 is 0. The van der Waals surface area contributed by atoms with Gasteiger partial charge >= 0.3 is 0 Å². The van der Waals surface area contributed by atoms with Crippen LogP contribution in [0.2, 0.25) is 0 Å². The standard InChI is InChI=1S/C18H29NO4/c1-3-16(21)14-7-8-17(18(11-14)22-2)23-13-15(20)12-19-9-5-4-6-10-19/h7-8,11,15-16,20-21H,3-6,9-10,12-13H2,1-2H3/t15-,16+/m0/s1. The van der Waals surface area contributed by atoms with E-state index >= 15 is 0 Å². The molecule has 23 heavy (non-hydrogen) atoms. The van der Waals surface area contributed by atoms with E-state index in [0.29, 0.717) is 24.5 Å². The molecule has 5 nitrogen and oxygen atoms in total. The average Bonchev–Trinajstić information content (AvgIpc) is 2.60. The van der Waals surface area contributed by atoms with Crippen LogP contribution in [0.5, 0.6) is 11.5 Å². The molecule has 0 radical (unpaired) electrons. The number of hydrogen-bond donors (Lipinski definition) is 2. The van der Waals surface area contributed by atoms with Crippen molar-refractivity contribution in [1.29, 1.82) is 0 Å². The van der Waals surface area contributed by atoms with Crippen molar-refractivity contribution in [2.75, 3.05) is 33.4 Å². The maximum absolute atomic E-state index is 10.2. The molecule has 1 heterocycles. The third kappa shape index (κ3) is 5.37. The van der Waals surface area contributed by atoms with E-state index in [9.17, 15) is 10.2 Å². The van der Waals surface area contributed by atoms with Crippen LogP contribution in [0.4, 0.5) is 0 Å². The lowest BCUT2D eigenvalue weighted by Crippen LogP contribution is -2.38. The van der Waals surface area contributed by atoms with Crippen LogP contribution < -0.4 is 9.47 Å². The van der Waals surface area contributed by atoms with Crippen molar-refractivity contribution in [3.05, 3.63) is 23.8 Å². The van der Waals surface area contributed by atoms with E-state index in [-0.39, 0.29) is 6.61 Å². The number of hydrogen-bond acceptors (Lipinski definition) is 5. The second-order valence-corrected chi connectivity index (χ2v) is 6.16. The minimum absolute atomic E-state index is 0.239. The Kier molecular flexibility index (Phi) is 7.15. The SMILES string of the molecule is CC[C@@H](O)c1ccc(OC[C@@H](O)CN2CCCCC2)c(OC)c1. The molecule has 0 unspecified atom stereocenters. The summed E-state index contributed by atoms with van der Waals surface area (Å²) in [5.74, 6) is 1.18. The summed E-state index contributed by atoms with van der Waals surface area (Å²) in [6.45, 7) is 4.93. The van der Waals surface area contributed by atoms with Crippen molar-refractivity contribution in [3.8, 4) is 11.5 Å². The number of likely N-dealkylation sites (tertiary alicyclic amines) is 1. The van der Waals surface area contributed by atoms with Crippen molar-refractivity contribution in [1.82, 2.24) is 4.90 Å². The lowest BCUT2D eigenvalue weighted by Gasteiger charge is -2.28. The molecule has 0 bridgehead atoms. The summed E-state index contributed by atoms with van der Waals surface area (Å²) in [5.41, 5.74) is 0.811. The van der Waals surface area contributed by atoms with Crippen LogP contribution in [0, 0.1) is 0 Å². The highest BCUT2D eigenvalue weighted by molar-refractivity contribution is 5.43. The predicted molar refractivity (Wildman–Crippen MR) is 90.0 cm³/mol. The lowest BCUT2D eigenvalue weighted by atomic mass is 10.1. The first-order valence-corrected chi connectivity index (χ1v) is 8.53. The molecule has 1 fully saturated rings. The van der Waals surface area contributed by atoms with Gasteiger partial charge in [-0.25, -0.2) is 0 Å². The summed E-state index contributed by atoms with van der Waals surface area (Å²) in [4.78, 5) is 2.29. The number of aliphatic hydroxyl groups is 2. The Morgan fingerprint density at radius 2 is 1.87 bits per heavy atom. The number of piperidine rings is 1. The monoisotopic (exact) mass is 323 g/mol. The summed E-state index contributed by atoms with van der Waals surface area (Å²) in [6.07, 6.45) is 3.35. The highest BCUT2D eigenvalue weighted by atomic mass is 16.5. The van der Waals surface area contributed by atoms with Gasteiger partial charge in [0.15, 0.2) is 11.5 Å². The first-order valence-electron chi connectivity index (χ1n) is 8.53. The summed E-state index contributed by atoms with van der Waals surface area (Å²) in [6, 6.07) is 5.42. The van der Waals surface area contributed by atoms with Gasteiger partial charge in [0.1, 0.15) is 12.7 Å². The van der Waals surface area contributed by atoms with Crippen LogP contribution in [0.15, 0.2) is 18.2 Å². The van der Waals surface area contributed by atoms with Crippen molar-refractivity contribution in [2.45, 2.75) is 44.8 Å². The van der Waals surface area contributed by atoms with Crippen LogP contribution in [-0.4, -0.2) is 54.6 Å². The molecule has 0 aromatic heterocycles. The molecule has 0 aliphatic carbocycles. The molecule has 2 atom stereocenters. The smallest absolute Gasteiger partial charge is 0.161 e. The fourth-order valence-corrected chi connectivity index (χ4v) is 2.93. The van der Waals surface area contributed by atoms with Crippen molar-refractivity contribution < 1.29 is 19.7 Å². The highest BCUT2D eigenvalue weighted by Crippen LogP contribution is 2.31. The number of ether oxygens (including phenoxy) is 2. The zero-order valence-electron chi connectivity index (χ0n) is 14.2. The summed E-state index contributed by atoms with van der Waals surface area (Å²) < 4.78 is 11.1. The molecule has 2 rings (SSSR count). The summed E-state index contributed by atoms with van der Waals surface area (Å²) in [7, 11) is 1.58. The van der Waals surface area contributed by atoms with Gasteiger partial charge in [0.25, 0.3) is 0 Å². The van der Waals surface area contributed by atoms with E-state index < -0.39 is 12.2 Å². The third-order valence-electron chi connectivity index (χ3n) is 4.31. The molecule has 1 aromatic rings. The predicted octanol–water partition coefficient (Wildman–Crippen LogP) is 2.36. The maximum atomic E-state index is 10.2. The minimum Gasteiger partial charge on any atom is -0.493 e. The van der Waals surface area contributed by atoms with Gasteiger partial charge in [-0.05, 0) is 50.0 Å². The molecule has 0 spiro atoms. The highest BCUT2D eigenvalue weighted by Gasteiger charge is 2.16. The van der Waals surface area contributed by atoms with Gasteiger partial charge in [0, 0.05) is 6.54 Å². The molecule has 1 aliphatic heterocycles. The number of β-amino-alcohol motifs (C(OH)–C–C–N with tert-alkyl or cyclic N) is 1. The Morgan fingerprint density at radius 3 is 2.52 bits per heavy atom. The fourth-order valence-electron chi connectivity index (χ4n) is 2.93. The molecule has 1 saturated heterocycles. The van der Waals surface area contributed by atoms with E-state index in [1.54, 1.807) is 19.2 Å². The Labute approximate surface area is 138 Å². The minimum atomic E-state index is -0.515. The molecule has 0 amide bonds. The Morgan fingerprint density at radius 1 is 1.13 bits per heavy atom. The maximum Gasteiger partial charge on any atom is 0.161 e. The van der Waals surface area contributed by atoms with Crippen LogP contribution in [-0.2, 0) is 0 Å². The second kappa shape index (κ2) is 9.11. The van der Waals surface area contributed by atoms with E-state index in [1.807, 2.05) is 13.0 Å². The van der Waals surface area contributed by atoms with Gasteiger partial charge in [0.05, 0.1) is 13.2 Å². The molecular formula is C18H29NO4. The van der Waals surface area contributed by atoms with Crippen LogP contribution in [0.3, 0.4) is 0 Å². The molecule has 5 heteroatoms. The van der Waals surface area contributed by atoms with Gasteiger partial charge in [-0.1, -0.05) is 19.4 Å². The molecule has 1 aromatic carbocycles. The summed E-state index contributed by atoms with van der Waals surface area (Å²) in [5, 5.41) is 20.1. The fraction of sp³-hybridized carbons (Fsp3) is 0.667. The Bertz CT molecular complexity index is 474. The molecule has 0 saturated carbocycles. The van der Waals surface area contributed by atoms with Gasteiger partial charge in [0.2, 0.25) is 0 Å². The van der Waals surface area contributed by atoms with Gasteiger partial charge in [-0.3, -0.25) is 0 Å². The van der Waals surface area contributed by atoms with E-state index in [0.717, 1.165) is 18.7 Å². The zero-order chi connectivity index (χ0) is 16.7. The van der Waals surface area contributed by atoms with E-state index in [2.05, 4.69) is 4.90 Å². The Hall–Kier alpha value is -1.30. The first-order chi connectivity index (χ1) is 11.1. The van der Waals surface area contributed by atoms with Crippen LogP contribution in [0.1, 0.15) is 44.3 Å². The first kappa shape index (κ1) is 18.0. The van der Waals surface area contributed by atoms with Crippen LogP contribution >= 0.6 is 0 Å². The van der Waals surface area contributed by atoms with Crippen molar-refractivity contribution in [3.63, 3.8) is 0 Å². The number of nitrogens with zero attached hydrogens (tertiary/aromatic N) is 1. The third-order valence-corrected chi connectivity index (χ3v) is 4.31. The number of methoxy groups -OCH3 is 1. The molecular weight excluding hydrogens is 294 g/mol. The van der Waals surface area contributed by atoms with Crippen molar-refractivity contribution >= 4 is 0 Å². The largest absolute Gasteiger partial charge is 0.493 e. The lowest BCUT2D eigenvalue weighted by molar-refractivity contribution is 0.0608. The second-order valence-electron chi connectivity index (χ2n) is 6.16. The normalized spacial score (nSPS) is 18.4. The van der Waals surface area contributed by atoms with Gasteiger partial charge < -0.3 is 24.6 Å². The van der Waals surface area contributed by atoms with E-state index in [4.69, 9.17) is 9.47 Å². The Balaban J connectivity index is 1.88. The van der Waals surface area contributed by atoms with Crippen LogP contribution in [0.25, 0.3) is 0 Å². The van der Waals surface area contributed by atoms with Crippen molar-refractivity contribution in [2.24, 2.45) is 0 Å². The molecule has 2 N–H and O–H groups in total. The van der Waals surface area contributed by atoms with Gasteiger partial charge in [-0.15, -0.1) is 0 Å². The zero-order valence-corrected chi connectivity index (χ0v) is 14.2. The van der Waals surface area contributed by atoms with E-state index in [1.165, 1.54) is 19.3 Å². The quantitative estimate of drug-likeness (QED) is 0.769. The number of benzene rings is 1. The molecule has 1 aliphatic rings.